The van der Waals surface area contributed by atoms with Crippen molar-refractivity contribution in [1.82, 2.24) is 0 Å². The number of esters is 2. The molecular weight excluding hydrogens is 577 g/mol. The van der Waals surface area contributed by atoms with Crippen molar-refractivity contribution in [2.24, 2.45) is 0 Å². The molecule has 0 spiro atoms. The van der Waals surface area contributed by atoms with Crippen molar-refractivity contribution in [3.8, 4) is 5.75 Å². The third-order valence-electron chi connectivity index (χ3n) is 9.44. The van der Waals surface area contributed by atoms with Gasteiger partial charge in [0.25, 0.3) is 8.32 Å². The molecule has 2 bridgehead atoms. The number of hydrogen-bond donors (Lipinski definition) is 0. The highest BCUT2D eigenvalue weighted by atomic mass is 28.4. The Balaban J connectivity index is 1.99. The van der Waals surface area contributed by atoms with Gasteiger partial charge < -0.3 is 23.1 Å². The van der Waals surface area contributed by atoms with Crippen LogP contribution < -0.4 is 4.43 Å². The average Bonchev–Trinajstić information content (AvgIpc) is 2.85. The summed E-state index contributed by atoms with van der Waals surface area (Å²) in [4.78, 5) is 26.0. The lowest BCUT2D eigenvalue weighted by molar-refractivity contribution is -0.136. The third-order valence-corrected chi connectivity index (χ3v) is 18.3. The lowest BCUT2D eigenvalue weighted by atomic mass is 9.91. The van der Waals surface area contributed by atoms with Crippen molar-refractivity contribution in [1.29, 1.82) is 0 Å². The summed E-state index contributed by atoms with van der Waals surface area (Å²) in [6.45, 7) is 26.0. The first-order chi connectivity index (χ1) is 19.8. The topological polar surface area (TPSA) is 80.3 Å². The molecule has 0 aromatic heterocycles. The molecule has 2 heterocycles. The first-order valence-corrected chi connectivity index (χ1v) is 21.4. The van der Waals surface area contributed by atoms with Gasteiger partial charge in [0.2, 0.25) is 0 Å². The van der Waals surface area contributed by atoms with E-state index < -0.39 is 34.7 Å². The fourth-order valence-corrected chi connectivity index (χ4v) is 7.38. The van der Waals surface area contributed by atoms with Gasteiger partial charge in [-0.05, 0) is 67.2 Å². The summed E-state index contributed by atoms with van der Waals surface area (Å²) in [7, 11) is -4.27. The number of benzene rings is 1. The smallest absolute Gasteiger partial charge is 0.342 e. The Morgan fingerprint density at radius 1 is 1.00 bits per heavy atom. The highest BCUT2D eigenvalue weighted by molar-refractivity contribution is 6.75. The molecule has 1 fully saturated rings. The van der Waals surface area contributed by atoms with E-state index in [1.807, 2.05) is 18.2 Å². The van der Waals surface area contributed by atoms with Gasteiger partial charge in [-0.25, -0.2) is 9.59 Å². The summed E-state index contributed by atoms with van der Waals surface area (Å²) >= 11 is 0. The Labute approximate surface area is 261 Å². The van der Waals surface area contributed by atoms with E-state index in [1.165, 1.54) is 12.2 Å². The van der Waals surface area contributed by atoms with Crippen LogP contribution in [0.15, 0.2) is 43.0 Å². The van der Waals surface area contributed by atoms with Crippen LogP contribution in [-0.4, -0.2) is 59.6 Å². The maximum atomic E-state index is 13.9. The second-order valence-electron chi connectivity index (χ2n) is 15.0. The average molecular weight is 631 g/mol. The number of fused-ring (bicyclic) bond motifs is 3. The van der Waals surface area contributed by atoms with Crippen LogP contribution >= 0.6 is 0 Å². The first-order valence-electron chi connectivity index (χ1n) is 15.6. The molecule has 43 heavy (non-hydrogen) atoms. The molecule has 4 atom stereocenters. The Morgan fingerprint density at radius 3 is 2.28 bits per heavy atom. The molecule has 0 radical (unpaired) electrons. The lowest BCUT2D eigenvalue weighted by Gasteiger charge is -2.44. The van der Waals surface area contributed by atoms with Crippen LogP contribution in [0.2, 0.25) is 36.3 Å². The monoisotopic (exact) mass is 630 g/mol. The molecule has 0 aliphatic carbocycles. The van der Waals surface area contributed by atoms with E-state index in [0.29, 0.717) is 30.6 Å². The number of carbonyl (C=O) groups is 2. The van der Waals surface area contributed by atoms with E-state index in [0.717, 1.165) is 18.4 Å². The fraction of sp³-hybridized carbons (Fsp3) is 0.647. The molecule has 1 aromatic rings. The summed E-state index contributed by atoms with van der Waals surface area (Å²) in [6.07, 6.45) is 6.87. The van der Waals surface area contributed by atoms with Crippen molar-refractivity contribution >= 4 is 28.6 Å². The fourth-order valence-electron chi connectivity index (χ4n) is 4.98. The van der Waals surface area contributed by atoms with Gasteiger partial charge in [0.15, 0.2) is 8.32 Å². The Kier molecular flexibility index (Phi) is 11.3. The van der Waals surface area contributed by atoms with Gasteiger partial charge in [0.05, 0.1) is 12.2 Å². The summed E-state index contributed by atoms with van der Waals surface area (Å²) in [5, 5.41) is 0.0462. The summed E-state index contributed by atoms with van der Waals surface area (Å²) in [6, 6.07) is 5.82. The van der Waals surface area contributed by atoms with Gasteiger partial charge in [-0.3, -0.25) is 0 Å². The summed E-state index contributed by atoms with van der Waals surface area (Å²) in [5.41, 5.74) is 1.34. The van der Waals surface area contributed by atoms with Crippen LogP contribution in [0.3, 0.4) is 0 Å². The minimum Gasteiger partial charge on any atom is -0.543 e. The predicted molar refractivity (Wildman–Crippen MR) is 177 cm³/mol. The molecule has 0 amide bonds. The van der Waals surface area contributed by atoms with E-state index >= 15 is 0 Å². The lowest BCUT2D eigenvalue weighted by Crippen LogP contribution is -2.48. The summed E-state index contributed by atoms with van der Waals surface area (Å²) in [5.74, 6) is -0.289. The largest absolute Gasteiger partial charge is 0.543 e. The molecule has 2 aliphatic rings. The standard InChI is InChI=1S/C34H54O7Si2/c1-12-19-37-30(35)18-14-16-25-21-27-23-28(40-42(8,9)33(2,3)4)22-26(38-27)20-24-15-13-17-29(31(24)32(36)39-25)41-43(10,11)34(5,6)7/h12-15,17-18,25-28H,1,16,19-23H2,2-11H3/b18-14+/t25-,26-,27-,28?/m0/s1. The molecule has 0 saturated carbocycles. The maximum absolute atomic E-state index is 13.9. The maximum Gasteiger partial charge on any atom is 0.342 e. The number of carbonyl (C=O) groups excluding carboxylic acids is 2. The molecule has 240 valence electrons. The van der Waals surface area contributed by atoms with Crippen molar-refractivity contribution in [3.05, 3.63) is 54.1 Å². The van der Waals surface area contributed by atoms with Crippen molar-refractivity contribution < 1.29 is 32.7 Å². The molecular formula is C34H54O7Si2. The number of ether oxygens (including phenoxy) is 3. The Morgan fingerprint density at radius 2 is 1.65 bits per heavy atom. The summed E-state index contributed by atoms with van der Waals surface area (Å²) < 4.78 is 31.6. The van der Waals surface area contributed by atoms with Crippen LogP contribution in [0.5, 0.6) is 5.75 Å². The zero-order chi connectivity index (χ0) is 32.2. The van der Waals surface area contributed by atoms with Gasteiger partial charge in [-0.1, -0.05) is 72.4 Å². The quantitative estimate of drug-likeness (QED) is 0.118. The molecule has 1 aromatic carbocycles. The van der Waals surface area contributed by atoms with Crippen LogP contribution in [-0.2, 0) is 29.9 Å². The molecule has 9 heteroatoms. The first kappa shape index (κ1) is 35.3. The van der Waals surface area contributed by atoms with Gasteiger partial charge in [0, 0.05) is 25.0 Å². The van der Waals surface area contributed by atoms with Crippen LogP contribution in [0, 0.1) is 0 Å². The van der Waals surface area contributed by atoms with E-state index in [2.05, 4.69) is 74.3 Å². The van der Waals surface area contributed by atoms with E-state index in [4.69, 9.17) is 23.1 Å². The van der Waals surface area contributed by atoms with E-state index in [-0.39, 0.29) is 35.0 Å². The minimum atomic E-state index is -2.25. The highest BCUT2D eigenvalue weighted by Gasteiger charge is 2.43. The zero-order valence-electron chi connectivity index (χ0n) is 28.1. The second-order valence-corrected chi connectivity index (χ2v) is 24.5. The zero-order valence-corrected chi connectivity index (χ0v) is 30.1. The third kappa shape index (κ3) is 9.39. The van der Waals surface area contributed by atoms with Crippen molar-refractivity contribution in [2.45, 2.75) is 134 Å². The van der Waals surface area contributed by atoms with Crippen LogP contribution in [0.1, 0.15) is 83.1 Å². The molecule has 7 nitrogen and oxygen atoms in total. The molecule has 1 unspecified atom stereocenters. The molecule has 3 rings (SSSR count). The minimum absolute atomic E-state index is 0.0445. The predicted octanol–water partition coefficient (Wildman–Crippen LogP) is 8.16. The van der Waals surface area contributed by atoms with Gasteiger partial charge in [0.1, 0.15) is 24.0 Å². The Bertz CT molecular complexity index is 1180. The SMILES string of the molecule is C=CCOC(=O)/C=C/C[C@H]1C[C@H]2CC(O[Si](C)(C)C(C)(C)C)C[C@H](Cc3cccc(O[Si](C)(C)C(C)(C)C)c3C(=O)O1)O2. The second kappa shape index (κ2) is 13.8. The highest BCUT2D eigenvalue weighted by Crippen LogP contribution is 2.42. The van der Waals surface area contributed by atoms with Gasteiger partial charge >= 0.3 is 11.9 Å². The normalized spacial score (nSPS) is 23.7. The molecule has 1 saturated heterocycles. The molecule has 0 N–H and O–H groups in total. The number of cyclic esters (lactones) is 1. The number of hydrogen-bond acceptors (Lipinski definition) is 7. The van der Waals surface area contributed by atoms with Crippen molar-refractivity contribution in [2.75, 3.05) is 6.61 Å². The van der Waals surface area contributed by atoms with Crippen LogP contribution in [0.25, 0.3) is 0 Å². The van der Waals surface area contributed by atoms with E-state index in [1.54, 1.807) is 6.08 Å². The van der Waals surface area contributed by atoms with Gasteiger partial charge in [-0.15, -0.1) is 0 Å². The van der Waals surface area contributed by atoms with E-state index in [9.17, 15) is 9.59 Å². The Hall–Kier alpha value is -2.21. The number of rotatable bonds is 9. The van der Waals surface area contributed by atoms with Crippen LogP contribution in [0.4, 0.5) is 0 Å². The van der Waals surface area contributed by atoms with Gasteiger partial charge in [-0.2, -0.15) is 0 Å². The van der Waals surface area contributed by atoms with Crippen molar-refractivity contribution in [3.63, 3.8) is 0 Å². The molecule has 2 aliphatic heterocycles.